The van der Waals surface area contributed by atoms with Crippen LogP contribution in [0.1, 0.15) is 48.9 Å². The van der Waals surface area contributed by atoms with Gasteiger partial charge in [-0.25, -0.2) is 13.2 Å². The number of hydrogen-bond donors (Lipinski definition) is 0. The van der Waals surface area contributed by atoms with E-state index in [1.807, 2.05) is 0 Å². The molecule has 0 bridgehead atoms. The van der Waals surface area contributed by atoms with Gasteiger partial charge < -0.3 is 4.74 Å². The molecule has 1 fully saturated rings. The Bertz CT molecular complexity index is 619. The van der Waals surface area contributed by atoms with Crippen LogP contribution < -0.4 is 0 Å². The number of hydrogen-bond acceptors (Lipinski definition) is 4. The molecule has 0 atom stereocenters. The molecule has 2 rings (SSSR count). The minimum Gasteiger partial charge on any atom is -0.465 e. The zero-order chi connectivity index (χ0) is 16.2. The molecule has 1 aromatic rings. The van der Waals surface area contributed by atoms with Crippen LogP contribution in [0, 0.1) is 0 Å². The van der Waals surface area contributed by atoms with Crippen LogP contribution in [0.25, 0.3) is 0 Å². The van der Waals surface area contributed by atoms with Crippen LogP contribution in [0.2, 0.25) is 0 Å². The number of esters is 1. The zero-order valence-corrected chi connectivity index (χ0v) is 13.9. The molecule has 0 spiro atoms. The summed E-state index contributed by atoms with van der Waals surface area (Å²) < 4.78 is 31.9. The third-order valence-corrected chi connectivity index (χ3v) is 6.26. The summed E-state index contributed by atoms with van der Waals surface area (Å²) in [6.45, 7) is 0. The fourth-order valence-corrected chi connectivity index (χ4v) is 4.54. The first-order chi connectivity index (χ1) is 10.5. The fourth-order valence-electron chi connectivity index (χ4n) is 2.94. The predicted molar refractivity (Wildman–Crippen MR) is 84.2 cm³/mol. The molecule has 0 aliphatic heterocycles. The van der Waals surface area contributed by atoms with E-state index in [0.29, 0.717) is 0 Å². The Balaban J connectivity index is 2.35. The van der Waals surface area contributed by atoms with Gasteiger partial charge in [0.15, 0.2) is 0 Å². The Morgan fingerprint density at radius 3 is 2.32 bits per heavy atom. The molecule has 122 valence electrons. The van der Waals surface area contributed by atoms with Gasteiger partial charge in [-0.3, -0.25) is 0 Å². The van der Waals surface area contributed by atoms with Crippen molar-refractivity contribution in [1.29, 1.82) is 0 Å². The van der Waals surface area contributed by atoms with Crippen molar-refractivity contribution in [2.45, 2.75) is 49.5 Å². The van der Waals surface area contributed by atoms with E-state index in [0.717, 1.165) is 38.5 Å². The largest absolute Gasteiger partial charge is 0.465 e. The van der Waals surface area contributed by atoms with Crippen molar-refractivity contribution in [2.75, 3.05) is 14.2 Å². The van der Waals surface area contributed by atoms with Crippen molar-refractivity contribution in [3.05, 3.63) is 29.8 Å². The predicted octanol–water partition coefficient (Wildman–Crippen LogP) is 2.82. The summed E-state index contributed by atoms with van der Waals surface area (Å²) in [5.41, 5.74) is 0.0884. The molecule has 0 N–H and O–H groups in total. The monoisotopic (exact) mass is 325 g/mol. The Morgan fingerprint density at radius 2 is 1.73 bits per heavy atom. The zero-order valence-electron chi connectivity index (χ0n) is 13.1. The summed E-state index contributed by atoms with van der Waals surface area (Å²) in [6, 6.07) is 6.21. The fraction of sp³-hybridized carbons (Fsp3) is 0.562. The average Bonchev–Trinajstić information content (AvgIpc) is 2.82. The first kappa shape index (κ1) is 17.0. The van der Waals surface area contributed by atoms with E-state index in [2.05, 4.69) is 0 Å². The molecular weight excluding hydrogens is 302 g/mol. The van der Waals surface area contributed by atoms with Crippen molar-refractivity contribution in [1.82, 2.24) is 4.31 Å². The minimum atomic E-state index is -3.71. The van der Waals surface area contributed by atoms with Gasteiger partial charge in [0.1, 0.15) is 0 Å². The van der Waals surface area contributed by atoms with Crippen molar-refractivity contribution < 1.29 is 17.9 Å². The molecule has 6 heteroatoms. The highest BCUT2D eigenvalue weighted by atomic mass is 32.2. The summed E-state index contributed by atoms with van der Waals surface area (Å²) in [6.07, 6.45) is 6.14. The average molecular weight is 325 g/mol. The second kappa shape index (κ2) is 7.24. The number of methoxy groups -OCH3 is 1. The van der Waals surface area contributed by atoms with E-state index in [1.54, 1.807) is 19.2 Å². The lowest BCUT2D eigenvalue weighted by Gasteiger charge is -2.27. The molecule has 0 saturated heterocycles. The van der Waals surface area contributed by atoms with Crippen molar-refractivity contribution >= 4 is 16.0 Å². The van der Waals surface area contributed by atoms with E-state index >= 15 is 0 Å². The highest BCUT2D eigenvalue weighted by Gasteiger charge is 2.31. The molecule has 0 heterocycles. The molecule has 0 aromatic heterocycles. The summed E-state index contributed by atoms with van der Waals surface area (Å²) in [4.78, 5) is 11.9. The molecule has 0 radical (unpaired) electrons. The van der Waals surface area contributed by atoms with E-state index in [4.69, 9.17) is 4.74 Å². The topological polar surface area (TPSA) is 63.7 Å². The summed E-state index contributed by atoms with van der Waals surface area (Å²) in [5, 5.41) is 0. The number of rotatable bonds is 4. The lowest BCUT2D eigenvalue weighted by Crippen LogP contribution is -2.37. The van der Waals surface area contributed by atoms with Crippen molar-refractivity contribution in [3.8, 4) is 0 Å². The second-order valence-corrected chi connectivity index (χ2v) is 7.62. The molecule has 1 aliphatic rings. The maximum atomic E-state index is 12.9. The maximum absolute atomic E-state index is 12.9. The van der Waals surface area contributed by atoms with Gasteiger partial charge in [-0.2, -0.15) is 4.31 Å². The highest BCUT2D eigenvalue weighted by molar-refractivity contribution is 7.89. The number of ether oxygens (including phenoxy) is 1. The minimum absolute atomic E-state index is 0.00166. The van der Waals surface area contributed by atoms with Crippen LogP contribution >= 0.6 is 0 Å². The molecule has 1 aromatic carbocycles. The Kier molecular flexibility index (Phi) is 5.58. The third-order valence-electron chi connectivity index (χ3n) is 4.29. The van der Waals surface area contributed by atoms with Crippen molar-refractivity contribution in [3.63, 3.8) is 0 Å². The molecule has 1 aliphatic carbocycles. The lowest BCUT2D eigenvalue weighted by molar-refractivity contribution is 0.0596. The number of carbonyl (C=O) groups is 1. The van der Waals surface area contributed by atoms with E-state index in [-0.39, 0.29) is 16.5 Å². The van der Waals surface area contributed by atoms with E-state index < -0.39 is 16.0 Å². The standard InChI is InChI=1S/C16H23NO4S/c1-17(13-9-5-3-4-6-10-13)22(19,20)15-12-8-7-11-14(15)16(18)21-2/h7-8,11-13H,3-6,9-10H2,1-2H3. The van der Waals surface area contributed by atoms with Crippen LogP contribution in [0.3, 0.4) is 0 Å². The van der Waals surface area contributed by atoms with Crippen LogP contribution in [0.4, 0.5) is 0 Å². The van der Waals surface area contributed by atoms with Crippen LogP contribution in [-0.4, -0.2) is 38.9 Å². The smallest absolute Gasteiger partial charge is 0.339 e. The summed E-state index contributed by atoms with van der Waals surface area (Å²) in [5.74, 6) is -0.631. The third kappa shape index (κ3) is 3.50. The maximum Gasteiger partial charge on any atom is 0.339 e. The molecule has 0 amide bonds. The van der Waals surface area contributed by atoms with Gasteiger partial charge in [-0.1, -0.05) is 37.8 Å². The molecule has 5 nitrogen and oxygen atoms in total. The van der Waals surface area contributed by atoms with Gasteiger partial charge >= 0.3 is 5.97 Å². The van der Waals surface area contributed by atoms with Crippen LogP contribution in [0.5, 0.6) is 0 Å². The highest BCUT2D eigenvalue weighted by Crippen LogP contribution is 2.27. The Hall–Kier alpha value is -1.40. The number of sulfonamides is 1. The van der Waals surface area contributed by atoms with Crippen LogP contribution in [0.15, 0.2) is 29.2 Å². The number of nitrogens with zero attached hydrogens (tertiary/aromatic N) is 1. The Morgan fingerprint density at radius 1 is 1.14 bits per heavy atom. The van der Waals surface area contributed by atoms with Gasteiger partial charge in [0.2, 0.25) is 10.0 Å². The van der Waals surface area contributed by atoms with Gasteiger partial charge in [0.05, 0.1) is 17.6 Å². The number of benzene rings is 1. The van der Waals surface area contributed by atoms with Gasteiger partial charge in [0.25, 0.3) is 0 Å². The Labute approximate surface area is 132 Å². The molecular formula is C16H23NO4S. The van der Waals surface area contributed by atoms with E-state index in [9.17, 15) is 13.2 Å². The normalized spacial score (nSPS) is 17.2. The van der Waals surface area contributed by atoms with Gasteiger partial charge in [-0.05, 0) is 25.0 Å². The number of carbonyl (C=O) groups excluding carboxylic acids is 1. The van der Waals surface area contributed by atoms with Crippen LogP contribution in [-0.2, 0) is 14.8 Å². The summed E-state index contributed by atoms with van der Waals surface area (Å²) >= 11 is 0. The molecule has 0 unspecified atom stereocenters. The van der Waals surface area contributed by atoms with Gasteiger partial charge in [0, 0.05) is 13.1 Å². The van der Waals surface area contributed by atoms with Gasteiger partial charge in [-0.15, -0.1) is 0 Å². The summed E-state index contributed by atoms with van der Waals surface area (Å²) in [7, 11) is -0.847. The lowest BCUT2D eigenvalue weighted by atomic mass is 10.1. The quantitative estimate of drug-likeness (QED) is 0.631. The second-order valence-electron chi connectivity index (χ2n) is 5.65. The van der Waals surface area contributed by atoms with E-state index in [1.165, 1.54) is 23.5 Å². The van der Waals surface area contributed by atoms with Crippen molar-refractivity contribution in [2.24, 2.45) is 0 Å². The molecule has 1 saturated carbocycles. The molecule has 22 heavy (non-hydrogen) atoms. The first-order valence-electron chi connectivity index (χ1n) is 7.64. The SMILES string of the molecule is COC(=O)c1ccccc1S(=O)(=O)N(C)C1CCCCCC1. The first-order valence-corrected chi connectivity index (χ1v) is 9.08.